The molecule has 106 valence electrons. The lowest BCUT2D eigenvalue weighted by Crippen LogP contribution is -2.16. The van der Waals surface area contributed by atoms with Crippen molar-refractivity contribution in [1.29, 1.82) is 0 Å². The van der Waals surface area contributed by atoms with Gasteiger partial charge in [-0.1, -0.05) is 41.9 Å². The van der Waals surface area contributed by atoms with Gasteiger partial charge in [-0.05, 0) is 23.3 Å². The minimum absolute atomic E-state index is 0.266. The second kappa shape index (κ2) is 5.94. The minimum Gasteiger partial charge on any atom is -0.406 e. The Morgan fingerprint density at radius 3 is 2.20 bits per heavy atom. The van der Waals surface area contributed by atoms with E-state index < -0.39 is 6.36 Å². The van der Waals surface area contributed by atoms with Crippen molar-refractivity contribution in [2.45, 2.75) is 12.2 Å². The number of rotatable bonds is 3. The van der Waals surface area contributed by atoms with Gasteiger partial charge in [-0.25, -0.2) is 0 Å². The van der Waals surface area contributed by atoms with E-state index in [0.717, 1.165) is 5.56 Å². The van der Waals surface area contributed by atoms with E-state index >= 15 is 0 Å². The lowest BCUT2D eigenvalue weighted by atomic mass is 10.0. The highest BCUT2D eigenvalue weighted by Crippen LogP contribution is 2.33. The molecule has 0 spiro atoms. The number of ether oxygens (including phenoxy) is 1. The summed E-state index contributed by atoms with van der Waals surface area (Å²) in [6.45, 7) is 0. The van der Waals surface area contributed by atoms with Crippen molar-refractivity contribution in [2.24, 2.45) is 0 Å². The maximum atomic E-state index is 12.1. The smallest absolute Gasteiger partial charge is 0.406 e. The van der Waals surface area contributed by atoms with Crippen LogP contribution in [0.3, 0.4) is 0 Å². The van der Waals surface area contributed by atoms with Crippen LogP contribution in [0.4, 0.5) is 13.2 Å². The van der Waals surface area contributed by atoms with Crippen molar-refractivity contribution in [3.8, 4) is 16.9 Å². The number of alkyl halides is 4. The minimum atomic E-state index is -4.70. The molecular weight excluding hydrogens is 312 g/mol. The third-order valence-electron chi connectivity index (χ3n) is 2.62. The third kappa shape index (κ3) is 3.58. The van der Waals surface area contributed by atoms with Gasteiger partial charge in [0.2, 0.25) is 0 Å². The molecule has 0 aromatic heterocycles. The lowest BCUT2D eigenvalue weighted by molar-refractivity contribution is -0.274. The average Bonchev–Trinajstić information content (AvgIpc) is 2.38. The van der Waals surface area contributed by atoms with E-state index in [9.17, 15) is 13.2 Å². The van der Waals surface area contributed by atoms with Crippen molar-refractivity contribution >= 4 is 23.2 Å². The van der Waals surface area contributed by atoms with Crippen LogP contribution in [0.5, 0.6) is 5.75 Å². The van der Waals surface area contributed by atoms with Gasteiger partial charge in [0.25, 0.3) is 0 Å². The van der Waals surface area contributed by atoms with Gasteiger partial charge in [-0.3, -0.25) is 0 Å². The Balaban J connectivity index is 2.31. The Labute approximate surface area is 123 Å². The maximum Gasteiger partial charge on any atom is 0.573 e. The van der Waals surface area contributed by atoms with Gasteiger partial charge in [0.15, 0.2) is 0 Å². The molecule has 0 aliphatic rings. The first-order valence-corrected chi connectivity index (χ1v) is 6.51. The van der Waals surface area contributed by atoms with E-state index in [1.54, 1.807) is 18.2 Å². The molecule has 0 aliphatic heterocycles. The highest BCUT2D eigenvalue weighted by atomic mass is 35.5. The van der Waals surface area contributed by atoms with Crippen LogP contribution in [-0.4, -0.2) is 6.36 Å². The first-order valence-electron chi connectivity index (χ1n) is 5.60. The number of hydrogen-bond acceptors (Lipinski definition) is 1. The lowest BCUT2D eigenvalue weighted by Gasteiger charge is -2.11. The molecule has 0 radical (unpaired) electrons. The van der Waals surface area contributed by atoms with E-state index in [-0.39, 0.29) is 11.6 Å². The van der Waals surface area contributed by atoms with Gasteiger partial charge < -0.3 is 4.74 Å². The zero-order chi connectivity index (χ0) is 14.8. The topological polar surface area (TPSA) is 9.23 Å². The van der Waals surface area contributed by atoms with E-state index in [1.165, 1.54) is 24.3 Å². The molecule has 2 aromatic rings. The summed E-state index contributed by atoms with van der Waals surface area (Å²) in [6, 6.07) is 10.9. The predicted octanol–water partition coefficient (Wildman–Crippen LogP) is 5.64. The Morgan fingerprint density at radius 2 is 1.65 bits per heavy atom. The zero-order valence-electron chi connectivity index (χ0n) is 10.0. The Bertz CT molecular complexity index is 594. The van der Waals surface area contributed by atoms with Crippen LogP contribution in [0.2, 0.25) is 5.02 Å². The van der Waals surface area contributed by atoms with Crippen LogP contribution in [0, 0.1) is 0 Å². The van der Waals surface area contributed by atoms with E-state index in [0.29, 0.717) is 16.1 Å². The Morgan fingerprint density at radius 1 is 1.00 bits per heavy atom. The summed E-state index contributed by atoms with van der Waals surface area (Å²) in [6.07, 6.45) is -4.70. The summed E-state index contributed by atoms with van der Waals surface area (Å²) in [5, 5.41) is 0.493. The molecule has 0 heterocycles. The van der Waals surface area contributed by atoms with Crippen molar-refractivity contribution in [3.63, 3.8) is 0 Å². The molecule has 0 unspecified atom stereocenters. The molecule has 6 heteroatoms. The first kappa shape index (κ1) is 15.0. The number of halogens is 5. The van der Waals surface area contributed by atoms with E-state index in [1.807, 2.05) is 0 Å². The molecule has 0 saturated carbocycles. The fourth-order valence-corrected chi connectivity index (χ4v) is 2.34. The second-order valence-electron chi connectivity index (χ2n) is 3.98. The maximum absolute atomic E-state index is 12.1. The molecule has 0 fully saturated rings. The van der Waals surface area contributed by atoms with Crippen molar-refractivity contribution in [1.82, 2.24) is 0 Å². The Hall–Kier alpha value is -1.39. The van der Waals surface area contributed by atoms with Crippen LogP contribution in [0.15, 0.2) is 42.5 Å². The highest BCUT2D eigenvalue weighted by molar-refractivity contribution is 6.34. The monoisotopic (exact) mass is 320 g/mol. The highest BCUT2D eigenvalue weighted by Gasteiger charge is 2.30. The van der Waals surface area contributed by atoms with Crippen molar-refractivity contribution < 1.29 is 17.9 Å². The summed E-state index contributed by atoms with van der Waals surface area (Å²) in [5.74, 6) is -0.00653. The van der Waals surface area contributed by atoms with E-state index in [2.05, 4.69) is 4.74 Å². The summed E-state index contributed by atoms with van der Waals surface area (Å²) >= 11 is 12.0. The number of benzene rings is 2. The molecule has 2 aromatic carbocycles. The van der Waals surface area contributed by atoms with Crippen molar-refractivity contribution in [3.05, 3.63) is 53.1 Å². The molecule has 20 heavy (non-hydrogen) atoms. The van der Waals surface area contributed by atoms with E-state index in [4.69, 9.17) is 23.2 Å². The van der Waals surface area contributed by atoms with Gasteiger partial charge in [0.1, 0.15) is 5.75 Å². The van der Waals surface area contributed by atoms with Crippen LogP contribution >= 0.6 is 23.2 Å². The fraction of sp³-hybridized carbons (Fsp3) is 0.143. The molecule has 0 amide bonds. The Kier molecular flexibility index (Phi) is 4.45. The molecule has 0 atom stereocenters. The summed E-state index contributed by atoms with van der Waals surface area (Å²) in [5.41, 5.74) is 2.17. The van der Waals surface area contributed by atoms with Gasteiger partial charge in [0, 0.05) is 11.4 Å². The molecule has 0 N–H and O–H groups in total. The van der Waals surface area contributed by atoms with Gasteiger partial charge >= 0.3 is 6.36 Å². The molecule has 2 rings (SSSR count). The molecular formula is C14H9Cl2F3O. The van der Waals surface area contributed by atoms with Gasteiger partial charge in [0.05, 0.1) is 5.02 Å². The summed E-state index contributed by atoms with van der Waals surface area (Å²) < 4.78 is 40.0. The van der Waals surface area contributed by atoms with Crippen LogP contribution in [-0.2, 0) is 5.88 Å². The summed E-state index contributed by atoms with van der Waals surface area (Å²) in [7, 11) is 0. The fourth-order valence-electron chi connectivity index (χ4n) is 1.74. The largest absolute Gasteiger partial charge is 0.573 e. The predicted molar refractivity (Wildman–Crippen MR) is 73.1 cm³/mol. The molecule has 0 aliphatic carbocycles. The van der Waals surface area contributed by atoms with Crippen LogP contribution in [0.25, 0.3) is 11.1 Å². The summed E-state index contributed by atoms with van der Waals surface area (Å²) in [4.78, 5) is 0. The third-order valence-corrected chi connectivity index (χ3v) is 3.36. The SMILES string of the molecule is FC(F)(F)Oc1ccc(-c2cccc(CCl)c2Cl)cc1. The number of hydrogen-bond donors (Lipinski definition) is 0. The van der Waals surface area contributed by atoms with Crippen molar-refractivity contribution in [2.75, 3.05) is 0 Å². The average molecular weight is 321 g/mol. The normalized spacial score (nSPS) is 11.4. The zero-order valence-corrected chi connectivity index (χ0v) is 11.6. The van der Waals surface area contributed by atoms with Gasteiger partial charge in [-0.2, -0.15) is 0 Å². The first-order chi connectivity index (χ1) is 9.40. The standard InChI is InChI=1S/C14H9Cl2F3O/c15-8-10-2-1-3-12(13(10)16)9-4-6-11(7-5-9)20-14(17,18)19/h1-7H,8H2. The quantitative estimate of drug-likeness (QED) is 0.664. The van der Waals surface area contributed by atoms with Gasteiger partial charge in [-0.15, -0.1) is 24.8 Å². The molecule has 0 bridgehead atoms. The molecule has 0 saturated heterocycles. The van der Waals surface area contributed by atoms with Crippen LogP contribution < -0.4 is 4.74 Å². The second-order valence-corrected chi connectivity index (χ2v) is 4.63. The van der Waals surface area contributed by atoms with Crippen LogP contribution in [0.1, 0.15) is 5.56 Å². The molecule has 1 nitrogen and oxygen atoms in total.